The van der Waals surface area contributed by atoms with Gasteiger partial charge in [0.05, 0.1) is 13.7 Å². The predicted octanol–water partition coefficient (Wildman–Crippen LogP) is 0.913. The van der Waals surface area contributed by atoms with Gasteiger partial charge >= 0.3 is 0 Å². The van der Waals surface area contributed by atoms with Gasteiger partial charge in [-0.25, -0.2) is 0 Å². The molecule has 1 aromatic carbocycles. The summed E-state index contributed by atoms with van der Waals surface area (Å²) >= 11 is 0. The number of methoxy groups -OCH3 is 1. The summed E-state index contributed by atoms with van der Waals surface area (Å²) in [5.41, 5.74) is 0.884. The van der Waals surface area contributed by atoms with Crippen LogP contribution in [0.1, 0.15) is 5.56 Å². The lowest BCUT2D eigenvalue weighted by Crippen LogP contribution is -2.35. The molecular formula is C14H18N2O3. The van der Waals surface area contributed by atoms with Crippen molar-refractivity contribution in [3.05, 3.63) is 35.9 Å². The van der Waals surface area contributed by atoms with Crippen LogP contribution in [0.4, 0.5) is 0 Å². The molecule has 0 aromatic heterocycles. The van der Waals surface area contributed by atoms with Gasteiger partial charge in [-0.1, -0.05) is 12.1 Å². The van der Waals surface area contributed by atoms with E-state index < -0.39 is 0 Å². The minimum atomic E-state index is -0.300. The zero-order chi connectivity index (χ0) is 14.3. The highest BCUT2D eigenvalue weighted by atomic mass is 16.5. The van der Waals surface area contributed by atoms with Crippen molar-refractivity contribution in [1.82, 2.24) is 10.2 Å². The lowest BCUT2D eigenvalue weighted by molar-refractivity contribution is -0.129. The molecule has 102 valence electrons. The first kappa shape index (κ1) is 14.8. The van der Waals surface area contributed by atoms with E-state index in [4.69, 9.17) is 4.74 Å². The van der Waals surface area contributed by atoms with Crippen molar-refractivity contribution in [2.45, 2.75) is 0 Å². The normalized spacial score (nSPS) is 10.3. The predicted molar refractivity (Wildman–Crippen MR) is 73.7 cm³/mol. The van der Waals surface area contributed by atoms with Gasteiger partial charge in [0.1, 0.15) is 5.75 Å². The number of benzene rings is 1. The zero-order valence-electron chi connectivity index (χ0n) is 11.3. The van der Waals surface area contributed by atoms with Crippen molar-refractivity contribution < 1.29 is 14.3 Å². The number of hydrogen-bond donors (Lipinski definition) is 1. The van der Waals surface area contributed by atoms with E-state index in [2.05, 4.69) is 5.32 Å². The third-order valence-corrected chi connectivity index (χ3v) is 2.46. The summed E-state index contributed by atoms with van der Waals surface area (Å²) in [6.45, 7) is -0.00120. The number of amides is 2. The highest BCUT2D eigenvalue weighted by molar-refractivity contribution is 5.94. The molecule has 5 heteroatoms. The van der Waals surface area contributed by atoms with E-state index in [1.165, 1.54) is 11.0 Å². The number of carbonyl (C=O) groups excluding carboxylic acids is 2. The third kappa shape index (κ3) is 5.25. The summed E-state index contributed by atoms with van der Waals surface area (Å²) in [6.07, 6.45) is 3.07. The molecule has 1 aromatic rings. The summed E-state index contributed by atoms with van der Waals surface area (Å²) in [5.74, 6) is 0.315. The Hall–Kier alpha value is -2.30. The molecule has 0 saturated carbocycles. The van der Waals surface area contributed by atoms with Crippen LogP contribution in [-0.4, -0.2) is 44.5 Å². The van der Waals surface area contributed by atoms with Gasteiger partial charge < -0.3 is 15.0 Å². The molecule has 0 heterocycles. The van der Waals surface area contributed by atoms with Crippen molar-refractivity contribution in [1.29, 1.82) is 0 Å². The standard InChI is InChI=1S/C14H18N2O3/c1-16(2)14(18)10-15-13(17)9-6-11-4-7-12(19-3)8-5-11/h4-9H,10H2,1-3H3,(H,15,17)/b9-6+. The second kappa shape index (κ2) is 7.20. The van der Waals surface area contributed by atoms with Crippen molar-refractivity contribution in [3.8, 4) is 5.75 Å². The number of carbonyl (C=O) groups is 2. The Morgan fingerprint density at radius 3 is 2.42 bits per heavy atom. The van der Waals surface area contributed by atoms with Crippen molar-refractivity contribution in [2.24, 2.45) is 0 Å². The first-order valence-electron chi connectivity index (χ1n) is 5.83. The summed E-state index contributed by atoms with van der Waals surface area (Å²) in [6, 6.07) is 7.31. The molecule has 0 fully saturated rings. The molecule has 2 amide bonds. The highest BCUT2D eigenvalue weighted by Gasteiger charge is 2.04. The Morgan fingerprint density at radius 1 is 1.26 bits per heavy atom. The lowest BCUT2D eigenvalue weighted by Gasteiger charge is -2.09. The van der Waals surface area contributed by atoms with Crippen LogP contribution in [0.25, 0.3) is 6.08 Å². The molecule has 1 N–H and O–H groups in total. The second-order valence-electron chi connectivity index (χ2n) is 4.11. The molecule has 0 radical (unpaired) electrons. The minimum absolute atomic E-state index is 0.00120. The average Bonchev–Trinajstić information content (AvgIpc) is 2.42. The molecule has 5 nitrogen and oxygen atoms in total. The van der Waals surface area contributed by atoms with Crippen molar-refractivity contribution in [3.63, 3.8) is 0 Å². The summed E-state index contributed by atoms with van der Waals surface area (Å²) in [5, 5.41) is 2.51. The summed E-state index contributed by atoms with van der Waals surface area (Å²) in [7, 11) is 4.88. The molecule has 0 bridgehead atoms. The smallest absolute Gasteiger partial charge is 0.244 e. The first-order valence-corrected chi connectivity index (χ1v) is 5.83. The van der Waals surface area contributed by atoms with Gasteiger partial charge in [0.25, 0.3) is 0 Å². The largest absolute Gasteiger partial charge is 0.497 e. The van der Waals surface area contributed by atoms with E-state index in [0.717, 1.165) is 11.3 Å². The SMILES string of the molecule is COc1ccc(/C=C/C(=O)NCC(=O)N(C)C)cc1. The fourth-order valence-electron chi connectivity index (χ4n) is 1.27. The Bertz CT molecular complexity index is 464. The van der Waals surface area contributed by atoms with Crippen LogP contribution in [0.2, 0.25) is 0 Å². The van der Waals surface area contributed by atoms with Crippen LogP contribution >= 0.6 is 0 Å². The Labute approximate surface area is 112 Å². The van der Waals surface area contributed by atoms with E-state index >= 15 is 0 Å². The lowest BCUT2D eigenvalue weighted by atomic mass is 10.2. The first-order chi connectivity index (χ1) is 9.02. The van der Waals surface area contributed by atoms with Crippen molar-refractivity contribution in [2.75, 3.05) is 27.7 Å². The molecule has 0 aliphatic heterocycles. The molecule has 0 aliphatic carbocycles. The molecular weight excluding hydrogens is 244 g/mol. The third-order valence-electron chi connectivity index (χ3n) is 2.46. The maximum Gasteiger partial charge on any atom is 0.244 e. The van der Waals surface area contributed by atoms with E-state index in [0.29, 0.717) is 0 Å². The number of rotatable bonds is 5. The molecule has 0 aliphatic rings. The molecule has 0 unspecified atom stereocenters. The molecule has 0 saturated heterocycles. The maximum atomic E-state index is 11.5. The number of nitrogens with zero attached hydrogens (tertiary/aromatic N) is 1. The maximum absolute atomic E-state index is 11.5. The van der Waals surface area contributed by atoms with E-state index in [-0.39, 0.29) is 18.4 Å². The average molecular weight is 262 g/mol. The van der Waals surface area contributed by atoms with Gasteiger partial charge in [-0.05, 0) is 23.8 Å². The van der Waals surface area contributed by atoms with Crippen LogP contribution in [0.5, 0.6) is 5.75 Å². The van der Waals surface area contributed by atoms with Crippen LogP contribution in [0, 0.1) is 0 Å². The molecule has 0 spiro atoms. The van der Waals surface area contributed by atoms with E-state index in [1.807, 2.05) is 24.3 Å². The van der Waals surface area contributed by atoms with Crippen molar-refractivity contribution >= 4 is 17.9 Å². The van der Waals surface area contributed by atoms with Crippen LogP contribution in [-0.2, 0) is 9.59 Å². The fraction of sp³-hybridized carbons (Fsp3) is 0.286. The topological polar surface area (TPSA) is 58.6 Å². The molecule has 0 atom stereocenters. The quantitative estimate of drug-likeness (QED) is 0.803. The Balaban J connectivity index is 2.46. The van der Waals surface area contributed by atoms with E-state index in [9.17, 15) is 9.59 Å². The fourth-order valence-corrected chi connectivity index (χ4v) is 1.27. The van der Waals surface area contributed by atoms with Crippen LogP contribution in [0.15, 0.2) is 30.3 Å². The minimum Gasteiger partial charge on any atom is -0.497 e. The van der Waals surface area contributed by atoms with Gasteiger partial charge in [0.2, 0.25) is 11.8 Å². The van der Waals surface area contributed by atoms with Gasteiger partial charge in [0.15, 0.2) is 0 Å². The molecule has 1 rings (SSSR count). The van der Waals surface area contributed by atoms with Crippen LogP contribution in [0.3, 0.4) is 0 Å². The van der Waals surface area contributed by atoms with Gasteiger partial charge in [-0.15, -0.1) is 0 Å². The molecule has 19 heavy (non-hydrogen) atoms. The van der Waals surface area contributed by atoms with E-state index in [1.54, 1.807) is 27.3 Å². The van der Waals surface area contributed by atoms with Crippen LogP contribution < -0.4 is 10.1 Å². The monoisotopic (exact) mass is 262 g/mol. The zero-order valence-corrected chi connectivity index (χ0v) is 11.3. The number of likely N-dealkylation sites (N-methyl/N-ethyl adjacent to an activating group) is 1. The number of hydrogen-bond acceptors (Lipinski definition) is 3. The Kier molecular flexibility index (Phi) is 5.60. The summed E-state index contributed by atoms with van der Waals surface area (Å²) < 4.78 is 5.04. The second-order valence-corrected chi connectivity index (χ2v) is 4.11. The number of nitrogens with one attached hydrogen (secondary N) is 1. The van der Waals surface area contributed by atoms with Gasteiger partial charge in [0, 0.05) is 20.2 Å². The Morgan fingerprint density at radius 2 is 1.89 bits per heavy atom. The highest BCUT2D eigenvalue weighted by Crippen LogP contribution is 2.11. The summed E-state index contributed by atoms with van der Waals surface area (Å²) in [4.78, 5) is 24.2. The number of ether oxygens (including phenoxy) is 1. The van der Waals surface area contributed by atoms with Gasteiger partial charge in [-0.3, -0.25) is 9.59 Å². The van der Waals surface area contributed by atoms with Gasteiger partial charge in [-0.2, -0.15) is 0 Å².